The zero-order valence-corrected chi connectivity index (χ0v) is 16.8. The minimum atomic E-state index is -3.70. The molecule has 1 aliphatic rings. The van der Waals surface area contributed by atoms with Crippen LogP contribution in [-0.4, -0.2) is 57.6 Å². The first-order chi connectivity index (χ1) is 13.2. The monoisotopic (exact) mass is 402 g/mol. The topological polar surface area (TPSA) is 116 Å². The van der Waals surface area contributed by atoms with Gasteiger partial charge in [0.2, 0.25) is 10.0 Å². The number of hydrogen-bond acceptors (Lipinski definition) is 7. The number of sulfonamides is 1. The second kappa shape index (κ2) is 6.50. The Hall–Kier alpha value is -2.56. The number of fused-ring (bicyclic) bond motifs is 1. The molecule has 0 atom stereocenters. The van der Waals surface area contributed by atoms with Crippen LogP contribution in [0.15, 0.2) is 35.6 Å². The molecule has 28 heavy (non-hydrogen) atoms. The normalized spacial score (nSPS) is 17.8. The highest BCUT2D eigenvalue weighted by Gasteiger charge is 2.39. The van der Waals surface area contributed by atoms with E-state index >= 15 is 0 Å². The molecule has 2 N–H and O–H groups in total. The Bertz CT molecular complexity index is 1160. The third-order valence-corrected chi connectivity index (χ3v) is 7.08. The fourth-order valence-corrected chi connectivity index (χ4v) is 5.25. The highest BCUT2D eigenvalue weighted by atomic mass is 32.2. The lowest BCUT2D eigenvalue weighted by atomic mass is 10.1. The van der Waals surface area contributed by atoms with Gasteiger partial charge in [-0.15, -0.1) is 0 Å². The summed E-state index contributed by atoms with van der Waals surface area (Å²) in [5.74, 6) is 0.262. The molecule has 0 spiro atoms. The Morgan fingerprint density at radius 1 is 1.25 bits per heavy atom. The average Bonchev–Trinajstić information content (AvgIpc) is 3.06. The number of ether oxygens (including phenoxy) is 1. The van der Waals surface area contributed by atoms with Gasteiger partial charge in [0, 0.05) is 12.1 Å². The van der Waals surface area contributed by atoms with Crippen LogP contribution < -0.4 is 5.73 Å². The van der Waals surface area contributed by atoms with Crippen molar-refractivity contribution in [3.05, 3.63) is 36.3 Å². The third kappa shape index (κ3) is 2.93. The standard InChI is InChI=1S/C18H22N6O3S/c1-12-4-5-13(28(25,26)23-6-7-27-10-18(23,2)3)8-14(12)15-9-20-17-16(19)21-11-22-24(15)17/h4-5,8-9,11H,6-7,10H2,1-3H3,(H2,19,21,22). The summed E-state index contributed by atoms with van der Waals surface area (Å²) >= 11 is 0. The molecule has 0 amide bonds. The van der Waals surface area contributed by atoms with Gasteiger partial charge < -0.3 is 10.5 Å². The molecule has 3 aromatic rings. The first kappa shape index (κ1) is 18.8. The van der Waals surface area contributed by atoms with Crippen molar-refractivity contribution in [3.63, 3.8) is 0 Å². The number of hydrogen-bond donors (Lipinski definition) is 1. The van der Waals surface area contributed by atoms with Gasteiger partial charge in [0.15, 0.2) is 11.5 Å². The number of nitrogens with zero attached hydrogens (tertiary/aromatic N) is 5. The number of nitrogens with two attached hydrogens (primary N) is 1. The molecule has 0 aliphatic carbocycles. The molecule has 1 fully saturated rings. The van der Waals surface area contributed by atoms with Crippen LogP contribution in [-0.2, 0) is 14.8 Å². The highest BCUT2D eigenvalue weighted by Crippen LogP contribution is 2.32. The van der Waals surface area contributed by atoms with Crippen molar-refractivity contribution in [1.29, 1.82) is 0 Å². The van der Waals surface area contributed by atoms with Crippen LogP contribution in [0.5, 0.6) is 0 Å². The number of aromatic nitrogens is 4. The summed E-state index contributed by atoms with van der Waals surface area (Å²) in [6.45, 7) is 6.69. The molecule has 0 unspecified atom stereocenters. The van der Waals surface area contributed by atoms with Crippen LogP contribution in [0, 0.1) is 6.92 Å². The summed E-state index contributed by atoms with van der Waals surface area (Å²) in [5.41, 5.74) is 7.95. The van der Waals surface area contributed by atoms with Crippen LogP contribution in [0.4, 0.5) is 5.82 Å². The van der Waals surface area contributed by atoms with Gasteiger partial charge in [-0.25, -0.2) is 22.9 Å². The second-order valence-corrected chi connectivity index (χ2v) is 9.31. The van der Waals surface area contributed by atoms with E-state index in [4.69, 9.17) is 10.5 Å². The largest absolute Gasteiger partial charge is 0.381 e. The van der Waals surface area contributed by atoms with E-state index in [0.29, 0.717) is 31.1 Å². The van der Waals surface area contributed by atoms with Crippen molar-refractivity contribution < 1.29 is 13.2 Å². The molecule has 0 saturated carbocycles. The average molecular weight is 402 g/mol. The molecule has 1 saturated heterocycles. The molecule has 0 radical (unpaired) electrons. The van der Waals surface area contributed by atoms with Crippen LogP contribution in [0.3, 0.4) is 0 Å². The molecule has 9 nitrogen and oxygen atoms in total. The van der Waals surface area contributed by atoms with Gasteiger partial charge in [-0.1, -0.05) is 6.07 Å². The van der Waals surface area contributed by atoms with Crippen molar-refractivity contribution in [2.24, 2.45) is 0 Å². The first-order valence-corrected chi connectivity index (χ1v) is 10.3. The second-order valence-electron chi connectivity index (χ2n) is 7.44. The fourth-order valence-electron chi connectivity index (χ4n) is 3.47. The maximum absolute atomic E-state index is 13.4. The Kier molecular flexibility index (Phi) is 4.36. The maximum atomic E-state index is 13.4. The molecule has 3 heterocycles. The Morgan fingerprint density at radius 3 is 2.79 bits per heavy atom. The molecule has 1 aromatic carbocycles. The molecule has 148 valence electrons. The zero-order chi connectivity index (χ0) is 20.1. The molecule has 1 aliphatic heterocycles. The number of rotatable bonds is 3. The lowest BCUT2D eigenvalue weighted by Gasteiger charge is -2.40. The van der Waals surface area contributed by atoms with E-state index in [0.717, 1.165) is 11.1 Å². The number of aryl methyl sites for hydroxylation is 1. The Balaban J connectivity index is 1.84. The zero-order valence-electron chi connectivity index (χ0n) is 16.0. The van der Waals surface area contributed by atoms with Crippen molar-refractivity contribution in [2.45, 2.75) is 31.2 Å². The predicted molar refractivity (Wildman–Crippen MR) is 104 cm³/mol. The maximum Gasteiger partial charge on any atom is 0.243 e. The van der Waals surface area contributed by atoms with Crippen LogP contribution in [0.1, 0.15) is 19.4 Å². The minimum absolute atomic E-state index is 0.222. The lowest BCUT2D eigenvalue weighted by Crippen LogP contribution is -2.55. The van der Waals surface area contributed by atoms with Crippen LogP contribution >= 0.6 is 0 Å². The van der Waals surface area contributed by atoms with Crippen LogP contribution in [0.25, 0.3) is 16.9 Å². The number of imidazole rings is 1. The fraction of sp³-hybridized carbons (Fsp3) is 0.389. The van der Waals surface area contributed by atoms with Crippen molar-refractivity contribution in [2.75, 3.05) is 25.5 Å². The van der Waals surface area contributed by atoms with E-state index in [-0.39, 0.29) is 10.7 Å². The summed E-state index contributed by atoms with van der Waals surface area (Å²) in [7, 11) is -3.70. The molecule has 2 aromatic heterocycles. The summed E-state index contributed by atoms with van der Waals surface area (Å²) in [4.78, 5) is 8.44. The van der Waals surface area contributed by atoms with Gasteiger partial charge in [0.05, 0.1) is 35.5 Å². The molecule has 0 bridgehead atoms. The smallest absolute Gasteiger partial charge is 0.243 e. The van der Waals surface area contributed by atoms with E-state index < -0.39 is 15.6 Å². The quantitative estimate of drug-likeness (QED) is 0.705. The number of anilines is 1. The van der Waals surface area contributed by atoms with Crippen molar-refractivity contribution >= 4 is 21.5 Å². The van der Waals surface area contributed by atoms with Crippen LogP contribution in [0.2, 0.25) is 0 Å². The summed E-state index contributed by atoms with van der Waals surface area (Å²) in [5, 5.41) is 4.21. The van der Waals surface area contributed by atoms with Gasteiger partial charge >= 0.3 is 0 Å². The molecular weight excluding hydrogens is 380 g/mol. The van der Waals surface area contributed by atoms with Crippen molar-refractivity contribution in [1.82, 2.24) is 23.9 Å². The Labute approximate surface area is 163 Å². The molecular formula is C18H22N6O3S. The third-order valence-electron chi connectivity index (χ3n) is 4.97. The summed E-state index contributed by atoms with van der Waals surface area (Å²) < 4.78 is 35.3. The number of morpholine rings is 1. The van der Waals surface area contributed by atoms with E-state index in [1.807, 2.05) is 20.8 Å². The molecule has 4 rings (SSSR count). The summed E-state index contributed by atoms with van der Waals surface area (Å²) in [6, 6.07) is 5.09. The molecule has 10 heteroatoms. The lowest BCUT2D eigenvalue weighted by molar-refractivity contribution is -0.00770. The van der Waals surface area contributed by atoms with Gasteiger partial charge in [-0.2, -0.15) is 9.40 Å². The number of benzene rings is 1. The number of nitrogen functional groups attached to an aromatic ring is 1. The van der Waals surface area contributed by atoms with Gasteiger partial charge in [0.1, 0.15) is 6.33 Å². The van der Waals surface area contributed by atoms with E-state index in [1.165, 1.54) is 10.6 Å². The van der Waals surface area contributed by atoms with Gasteiger partial charge in [-0.05, 0) is 38.5 Å². The van der Waals surface area contributed by atoms with Gasteiger partial charge in [0.25, 0.3) is 0 Å². The SMILES string of the molecule is Cc1ccc(S(=O)(=O)N2CCOCC2(C)C)cc1-c1cnc2c(N)ncnn12. The van der Waals surface area contributed by atoms with E-state index in [1.54, 1.807) is 28.9 Å². The van der Waals surface area contributed by atoms with Gasteiger partial charge in [-0.3, -0.25) is 0 Å². The van der Waals surface area contributed by atoms with E-state index in [2.05, 4.69) is 15.1 Å². The van der Waals surface area contributed by atoms with Crippen molar-refractivity contribution in [3.8, 4) is 11.3 Å². The highest BCUT2D eigenvalue weighted by molar-refractivity contribution is 7.89. The first-order valence-electron chi connectivity index (χ1n) is 8.88. The minimum Gasteiger partial charge on any atom is -0.381 e. The van der Waals surface area contributed by atoms with E-state index in [9.17, 15) is 8.42 Å². The summed E-state index contributed by atoms with van der Waals surface area (Å²) in [6.07, 6.45) is 2.97. The predicted octanol–water partition coefficient (Wildman–Crippen LogP) is 1.48. The Morgan fingerprint density at radius 2 is 2.04 bits per heavy atom.